The van der Waals surface area contributed by atoms with E-state index in [0.717, 1.165) is 38.2 Å². The molecule has 0 saturated carbocycles. The van der Waals surface area contributed by atoms with E-state index in [9.17, 15) is 4.79 Å². The molecule has 2 N–H and O–H groups in total. The van der Waals surface area contributed by atoms with Crippen LogP contribution in [0.3, 0.4) is 0 Å². The zero-order valence-electron chi connectivity index (χ0n) is 10.5. The number of amides is 1. The summed E-state index contributed by atoms with van der Waals surface area (Å²) in [5.41, 5.74) is 1.55. The summed E-state index contributed by atoms with van der Waals surface area (Å²) in [7, 11) is 0. The van der Waals surface area contributed by atoms with Gasteiger partial charge in [0.05, 0.1) is 5.69 Å². The summed E-state index contributed by atoms with van der Waals surface area (Å²) in [6, 6.07) is 2.09. The molecule has 1 atom stereocenters. The number of nitrogens with zero attached hydrogens (tertiary/aromatic N) is 2. The Morgan fingerprint density at radius 2 is 2.53 bits per heavy atom. The zero-order chi connectivity index (χ0) is 12.3. The van der Waals surface area contributed by atoms with E-state index in [1.54, 1.807) is 4.68 Å². The van der Waals surface area contributed by atoms with Crippen LogP contribution in [-0.4, -0.2) is 34.8 Å². The highest BCUT2D eigenvalue weighted by Gasteiger charge is 2.19. The second-order valence-corrected chi connectivity index (χ2v) is 4.50. The Bertz CT molecular complexity index is 393. The molecule has 2 heterocycles. The smallest absolute Gasteiger partial charge is 0.269 e. The van der Waals surface area contributed by atoms with E-state index in [-0.39, 0.29) is 11.9 Å². The average molecular weight is 236 g/mol. The molecule has 94 valence electrons. The Hall–Kier alpha value is -1.36. The van der Waals surface area contributed by atoms with Crippen LogP contribution in [0.1, 0.15) is 35.9 Å². The van der Waals surface area contributed by atoms with Crippen LogP contribution in [0.5, 0.6) is 0 Å². The van der Waals surface area contributed by atoms with Gasteiger partial charge in [-0.15, -0.1) is 0 Å². The van der Waals surface area contributed by atoms with Crippen molar-refractivity contribution in [1.29, 1.82) is 0 Å². The highest BCUT2D eigenvalue weighted by Crippen LogP contribution is 2.06. The summed E-state index contributed by atoms with van der Waals surface area (Å²) in [4.78, 5) is 12.1. The summed E-state index contributed by atoms with van der Waals surface area (Å²) in [6.07, 6.45) is 2.18. The lowest BCUT2D eigenvalue weighted by Crippen LogP contribution is -2.46. The second-order valence-electron chi connectivity index (χ2n) is 4.50. The van der Waals surface area contributed by atoms with Crippen molar-refractivity contribution in [3.05, 3.63) is 17.5 Å². The second kappa shape index (κ2) is 5.31. The summed E-state index contributed by atoms with van der Waals surface area (Å²) in [6.45, 7) is 6.54. The molecule has 2 rings (SSSR count). The lowest BCUT2D eigenvalue weighted by atomic mass is 10.1. The first-order valence-electron chi connectivity index (χ1n) is 6.26. The molecule has 0 bridgehead atoms. The Morgan fingerprint density at radius 3 is 3.18 bits per heavy atom. The molecule has 0 radical (unpaired) electrons. The van der Waals surface area contributed by atoms with Crippen LogP contribution in [0.4, 0.5) is 0 Å². The molecular weight excluding hydrogens is 216 g/mol. The van der Waals surface area contributed by atoms with Crippen molar-refractivity contribution in [2.75, 3.05) is 13.1 Å². The first kappa shape index (κ1) is 12.1. The lowest BCUT2D eigenvalue weighted by molar-refractivity contribution is 0.0920. The molecule has 17 heavy (non-hydrogen) atoms. The van der Waals surface area contributed by atoms with E-state index in [4.69, 9.17) is 0 Å². The quantitative estimate of drug-likeness (QED) is 0.812. The molecule has 1 aliphatic rings. The predicted molar refractivity (Wildman–Crippen MR) is 66.0 cm³/mol. The number of carbonyl (C=O) groups is 1. The monoisotopic (exact) mass is 236 g/mol. The maximum absolute atomic E-state index is 12.1. The number of carbonyl (C=O) groups excluding carboxylic acids is 1. The minimum Gasteiger partial charge on any atom is -0.347 e. The molecular formula is C12H20N4O. The van der Waals surface area contributed by atoms with Gasteiger partial charge in [0.25, 0.3) is 5.91 Å². The highest BCUT2D eigenvalue weighted by molar-refractivity contribution is 5.92. The van der Waals surface area contributed by atoms with Gasteiger partial charge in [0.15, 0.2) is 0 Å². The van der Waals surface area contributed by atoms with Crippen LogP contribution in [-0.2, 0) is 6.54 Å². The third-order valence-electron chi connectivity index (χ3n) is 3.07. The third kappa shape index (κ3) is 2.85. The van der Waals surface area contributed by atoms with E-state index in [0.29, 0.717) is 5.69 Å². The van der Waals surface area contributed by atoms with E-state index >= 15 is 0 Å². The number of hydrogen-bond acceptors (Lipinski definition) is 3. The van der Waals surface area contributed by atoms with E-state index in [1.807, 2.05) is 19.9 Å². The number of hydrogen-bond donors (Lipinski definition) is 2. The Balaban J connectivity index is 2.02. The van der Waals surface area contributed by atoms with E-state index in [2.05, 4.69) is 15.7 Å². The maximum atomic E-state index is 12.1. The van der Waals surface area contributed by atoms with E-state index in [1.165, 1.54) is 0 Å². The van der Waals surface area contributed by atoms with Crippen molar-refractivity contribution >= 4 is 5.91 Å². The van der Waals surface area contributed by atoms with Crippen LogP contribution in [0.15, 0.2) is 6.07 Å². The number of aryl methyl sites for hydroxylation is 2. The third-order valence-corrected chi connectivity index (χ3v) is 3.07. The fraction of sp³-hybridized carbons (Fsp3) is 0.667. The SMILES string of the molecule is CCn1nc(C)cc1C(=O)N[C@H]1CCCNC1. The van der Waals surface area contributed by atoms with Gasteiger partial charge in [-0.3, -0.25) is 9.48 Å². The first-order valence-corrected chi connectivity index (χ1v) is 6.26. The van der Waals surface area contributed by atoms with Gasteiger partial charge in [0, 0.05) is 19.1 Å². The first-order chi connectivity index (χ1) is 8.20. The number of rotatable bonds is 3. The van der Waals surface area contributed by atoms with Crippen LogP contribution in [0.2, 0.25) is 0 Å². The van der Waals surface area contributed by atoms with Gasteiger partial charge in [-0.2, -0.15) is 5.10 Å². The topological polar surface area (TPSA) is 59.0 Å². The molecule has 0 aliphatic carbocycles. The van der Waals surface area contributed by atoms with Gasteiger partial charge in [0.1, 0.15) is 5.69 Å². The highest BCUT2D eigenvalue weighted by atomic mass is 16.2. The van der Waals surface area contributed by atoms with Crippen LogP contribution in [0, 0.1) is 6.92 Å². The summed E-state index contributed by atoms with van der Waals surface area (Å²) < 4.78 is 1.75. The van der Waals surface area contributed by atoms with Crippen molar-refractivity contribution in [3.63, 3.8) is 0 Å². The fourth-order valence-electron chi connectivity index (χ4n) is 2.20. The van der Waals surface area contributed by atoms with Crippen molar-refractivity contribution < 1.29 is 4.79 Å². The Morgan fingerprint density at radius 1 is 1.71 bits per heavy atom. The largest absolute Gasteiger partial charge is 0.347 e. The molecule has 5 nitrogen and oxygen atoms in total. The van der Waals surface area contributed by atoms with Gasteiger partial charge in [0.2, 0.25) is 0 Å². The molecule has 0 spiro atoms. The average Bonchev–Trinajstić information content (AvgIpc) is 2.72. The van der Waals surface area contributed by atoms with Gasteiger partial charge in [-0.25, -0.2) is 0 Å². The van der Waals surface area contributed by atoms with Crippen molar-refractivity contribution in [3.8, 4) is 0 Å². The lowest BCUT2D eigenvalue weighted by Gasteiger charge is -2.23. The van der Waals surface area contributed by atoms with E-state index < -0.39 is 0 Å². The molecule has 1 amide bonds. The molecule has 0 unspecified atom stereocenters. The molecule has 1 aromatic rings. The minimum atomic E-state index is -0.0128. The fourth-order valence-corrected chi connectivity index (χ4v) is 2.20. The minimum absolute atomic E-state index is 0.0128. The van der Waals surface area contributed by atoms with Crippen molar-refractivity contribution in [2.45, 2.75) is 39.3 Å². The van der Waals surface area contributed by atoms with Gasteiger partial charge < -0.3 is 10.6 Å². The predicted octanol–water partition coefficient (Wildman–Crippen LogP) is 0.693. The van der Waals surface area contributed by atoms with Crippen LogP contribution >= 0.6 is 0 Å². The number of piperidine rings is 1. The Labute approximate surface area is 102 Å². The summed E-state index contributed by atoms with van der Waals surface area (Å²) in [5, 5.41) is 10.6. The molecule has 1 aromatic heterocycles. The number of aromatic nitrogens is 2. The Kier molecular flexibility index (Phi) is 3.78. The molecule has 5 heteroatoms. The number of nitrogens with one attached hydrogen (secondary N) is 2. The normalized spacial score (nSPS) is 20.2. The molecule has 1 aliphatic heterocycles. The standard InChI is InChI=1S/C12H20N4O/c1-3-16-11(7-9(2)15-16)12(17)14-10-5-4-6-13-8-10/h7,10,13H,3-6,8H2,1-2H3,(H,14,17)/t10-/m0/s1. The maximum Gasteiger partial charge on any atom is 0.269 e. The van der Waals surface area contributed by atoms with Crippen LogP contribution < -0.4 is 10.6 Å². The molecule has 1 fully saturated rings. The molecule has 1 saturated heterocycles. The summed E-state index contributed by atoms with van der Waals surface area (Å²) >= 11 is 0. The van der Waals surface area contributed by atoms with Crippen molar-refractivity contribution in [2.24, 2.45) is 0 Å². The van der Waals surface area contributed by atoms with Gasteiger partial charge in [-0.05, 0) is 39.3 Å². The van der Waals surface area contributed by atoms with Crippen LogP contribution in [0.25, 0.3) is 0 Å². The van der Waals surface area contributed by atoms with Gasteiger partial charge in [-0.1, -0.05) is 0 Å². The zero-order valence-corrected chi connectivity index (χ0v) is 10.5. The summed E-state index contributed by atoms with van der Waals surface area (Å²) in [5.74, 6) is -0.0128. The van der Waals surface area contributed by atoms with Gasteiger partial charge >= 0.3 is 0 Å². The molecule has 0 aromatic carbocycles. The van der Waals surface area contributed by atoms with Crippen molar-refractivity contribution in [1.82, 2.24) is 20.4 Å².